The van der Waals surface area contributed by atoms with E-state index in [1.54, 1.807) is 19.0 Å². The van der Waals surface area contributed by atoms with Crippen molar-refractivity contribution >= 4 is 47.6 Å². The van der Waals surface area contributed by atoms with Crippen molar-refractivity contribution in [1.29, 1.82) is 0 Å². The molecule has 0 radical (unpaired) electrons. The van der Waals surface area contributed by atoms with Gasteiger partial charge in [0.25, 0.3) is 0 Å². The average molecular weight is 476 g/mol. The number of benzene rings is 1. The number of piperidine rings is 1. The monoisotopic (exact) mass is 476 g/mol. The van der Waals surface area contributed by atoms with Crippen LogP contribution >= 0.6 is 35.7 Å². The van der Waals surface area contributed by atoms with Crippen molar-refractivity contribution in [3.8, 4) is 0 Å². The van der Waals surface area contributed by atoms with Crippen molar-refractivity contribution in [2.75, 3.05) is 46.0 Å². The highest BCUT2D eigenvalue weighted by Crippen LogP contribution is 2.16. The predicted molar refractivity (Wildman–Crippen MR) is 117 cm³/mol. The van der Waals surface area contributed by atoms with Crippen LogP contribution in [0.4, 0.5) is 0 Å². The highest BCUT2D eigenvalue weighted by molar-refractivity contribution is 14.0. The normalized spacial score (nSPS) is 14.6. The summed E-state index contributed by atoms with van der Waals surface area (Å²) in [6, 6.07) is 10.4. The summed E-state index contributed by atoms with van der Waals surface area (Å²) >= 11 is 1.83. The maximum Gasteiger partial charge on any atom is 0.243 e. The van der Waals surface area contributed by atoms with E-state index in [1.165, 1.54) is 24.2 Å². The number of aliphatic imine (C=N–C) groups is 1. The van der Waals surface area contributed by atoms with E-state index in [9.17, 15) is 4.79 Å². The lowest BCUT2D eigenvalue weighted by atomic mass is 10.1. The molecule has 2 rings (SSSR count). The summed E-state index contributed by atoms with van der Waals surface area (Å²) < 4.78 is 0. The Morgan fingerprint density at radius 3 is 2.52 bits per heavy atom. The van der Waals surface area contributed by atoms with Crippen molar-refractivity contribution in [3.63, 3.8) is 0 Å². The van der Waals surface area contributed by atoms with E-state index in [1.807, 2.05) is 17.8 Å². The van der Waals surface area contributed by atoms with E-state index in [4.69, 9.17) is 0 Å². The van der Waals surface area contributed by atoms with Gasteiger partial charge in [-0.15, -0.1) is 35.7 Å². The fraction of sp³-hybridized carbons (Fsp3) is 0.556. The van der Waals surface area contributed by atoms with Crippen LogP contribution < -0.4 is 5.32 Å². The van der Waals surface area contributed by atoms with Crippen LogP contribution in [0, 0.1) is 0 Å². The van der Waals surface area contributed by atoms with Crippen molar-refractivity contribution in [2.24, 2.45) is 4.99 Å². The molecule has 0 aliphatic carbocycles. The third kappa shape index (κ3) is 8.31. The number of amides is 1. The molecule has 0 atom stereocenters. The van der Waals surface area contributed by atoms with Crippen LogP contribution in [-0.4, -0.2) is 67.7 Å². The summed E-state index contributed by atoms with van der Waals surface area (Å²) in [4.78, 5) is 21.5. The Hall–Kier alpha value is -0.960. The Morgan fingerprint density at radius 1 is 1.20 bits per heavy atom. The van der Waals surface area contributed by atoms with Crippen LogP contribution in [-0.2, 0) is 4.79 Å². The number of thioether (sulfide) groups is 1. The summed E-state index contributed by atoms with van der Waals surface area (Å²) in [6.07, 6.45) is 3.67. The molecular weight excluding hydrogens is 447 g/mol. The van der Waals surface area contributed by atoms with Gasteiger partial charge in [0.15, 0.2) is 5.96 Å². The van der Waals surface area contributed by atoms with Crippen LogP contribution in [0.1, 0.15) is 19.3 Å². The van der Waals surface area contributed by atoms with E-state index in [-0.39, 0.29) is 36.4 Å². The van der Waals surface area contributed by atoms with Crippen LogP contribution in [0.5, 0.6) is 0 Å². The van der Waals surface area contributed by atoms with Crippen LogP contribution in [0.25, 0.3) is 0 Å². The maximum atomic E-state index is 11.8. The van der Waals surface area contributed by atoms with Gasteiger partial charge in [-0.1, -0.05) is 18.2 Å². The first-order valence-corrected chi connectivity index (χ1v) is 9.56. The molecule has 0 unspecified atom stereocenters. The number of guanidine groups is 1. The number of likely N-dealkylation sites (N-methyl/N-ethyl adjacent to an activating group) is 1. The number of hydrogen-bond donors (Lipinski definition) is 1. The molecule has 1 heterocycles. The first-order chi connectivity index (χ1) is 11.7. The Labute approximate surface area is 172 Å². The highest BCUT2D eigenvalue weighted by atomic mass is 127. The maximum absolute atomic E-state index is 11.8. The molecule has 0 spiro atoms. The van der Waals surface area contributed by atoms with Gasteiger partial charge in [-0.2, -0.15) is 0 Å². The average Bonchev–Trinajstić information content (AvgIpc) is 2.62. The second kappa shape index (κ2) is 12.4. The number of nitrogens with one attached hydrogen (secondary N) is 1. The van der Waals surface area contributed by atoms with E-state index in [2.05, 4.69) is 39.5 Å². The lowest BCUT2D eigenvalue weighted by molar-refractivity contribution is -0.127. The molecule has 0 saturated carbocycles. The van der Waals surface area contributed by atoms with Crippen molar-refractivity contribution < 1.29 is 4.79 Å². The topological polar surface area (TPSA) is 47.9 Å². The summed E-state index contributed by atoms with van der Waals surface area (Å²) in [5, 5.41) is 3.44. The van der Waals surface area contributed by atoms with Crippen LogP contribution in [0.15, 0.2) is 40.2 Å². The second-order valence-corrected chi connectivity index (χ2v) is 7.23. The third-order valence-corrected chi connectivity index (χ3v) is 4.93. The molecule has 7 heteroatoms. The van der Waals surface area contributed by atoms with E-state index < -0.39 is 0 Å². The van der Waals surface area contributed by atoms with Crippen molar-refractivity contribution in [1.82, 2.24) is 15.1 Å². The highest BCUT2D eigenvalue weighted by Gasteiger charge is 2.15. The van der Waals surface area contributed by atoms with Gasteiger partial charge in [0.2, 0.25) is 5.91 Å². The molecule has 0 bridgehead atoms. The largest absolute Gasteiger partial charge is 0.355 e. The number of carbonyl (C=O) groups excluding carboxylic acids is 1. The molecule has 1 aromatic carbocycles. The van der Waals surface area contributed by atoms with E-state index in [0.717, 1.165) is 31.3 Å². The van der Waals surface area contributed by atoms with E-state index in [0.29, 0.717) is 0 Å². The zero-order valence-electron chi connectivity index (χ0n) is 15.1. The standard InChI is InChI=1S/C18H28N4OS.HI/c1-21(2)17(23)15-20-18(22-12-7-4-8-13-22)19-11-14-24-16-9-5-3-6-10-16;/h3,5-6,9-10H,4,7-8,11-15H2,1-2H3,(H,19,20);1H. The predicted octanol–water partition coefficient (Wildman–Crippen LogP) is 2.92. The molecule has 1 N–H and O–H groups in total. The first-order valence-electron chi connectivity index (χ1n) is 8.58. The molecule has 1 amide bonds. The Bertz CT molecular complexity index is 533. The van der Waals surface area contributed by atoms with Gasteiger partial charge in [0.1, 0.15) is 6.54 Å². The molecule has 1 saturated heterocycles. The molecule has 5 nitrogen and oxygen atoms in total. The number of halogens is 1. The van der Waals surface area contributed by atoms with Crippen LogP contribution in [0.2, 0.25) is 0 Å². The Morgan fingerprint density at radius 2 is 1.88 bits per heavy atom. The lowest BCUT2D eigenvalue weighted by Crippen LogP contribution is -2.45. The minimum atomic E-state index is 0. The molecule has 0 aromatic heterocycles. The number of nitrogens with zero attached hydrogens (tertiary/aromatic N) is 3. The van der Waals surface area contributed by atoms with Gasteiger partial charge in [-0.25, -0.2) is 4.99 Å². The molecule has 1 fully saturated rings. The first kappa shape index (κ1) is 22.1. The van der Waals surface area contributed by atoms with Gasteiger partial charge in [-0.05, 0) is 31.4 Å². The zero-order valence-corrected chi connectivity index (χ0v) is 18.3. The quantitative estimate of drug-likeness (QED) is 0.226. The second-order valence-electron chi connectivity index (χ2n) is 6.06. The minimum Gasteiger partial charge on any atom is -0.355 e. The SMILES string of the molecule is CN(C)C(=O)CN=C(NCCSc1ccccc1)N1CCCCC1.I. The fourth-order valence-corrected chi connectivity index (χ4v) is 3.30. The van der Waals surface area contributed by atoms with Gasteiger partial charge in [0, 0.05) is 44.4 Å². The fourth-order valence-electron chi connectivity index (χ4n) is 2.51. The summed E-state index contributed by atoms with van der Waals surface area (Å²) in [5.74, 6) is 1.88. The molecule has 25 heavy (non-hydrogen) atoms. The Kier molecular flexibility index (Phi) is 11.0. The summed E-state index contributed by atoms with van der Waals surface area (Å²) in [7, 11) is 3.53. The summed E-state index contributed by atoms with van der Waals surface area (Å²) in [5.41, 5.74) is 0. The van der Waals surface area contributed by atoms with Crippen molar-refractivity contribution in [2.45, 2.75) is 24.2 Å². The lowest BCUT2D eigenvalue weighted by Gasteiger charge is -2.30. The number of likely N-dealkylation sites (tertiary alicyclic amines) is 1. The summed E-state index contributed by atoms with van der Waals surface area (Å²) in [6.45, 7) is 3.09. The Balaban J connectivity index is 0.00000312. The van der Waals surface area contributed by atoms with Crippen molar-refractivity contribution in [3.05, 3.63) is 30.3 Å². The molecule has 1 aliphatic heterocycles. The zero-order chi connectivity index (χ0) is 17.2. The number of hydrogen-bond acceptors (Lipinski definition) is 3. The number of rotatable bonds is 6. The van der Waals surface area contributed by atoms with Gasteiger partial charge < -0.3 is 15.1 Å². The third-order valence-electron chi connectivity index (χ3n) is 3.92. The van der Waals surface area contributed by atoms with Gasteiger partial charge in [-0.3, -0.25) is 4.79 Å². The van der Waals surface area contributed by atoms with Crippen LogP contribution in [0.3, 0.4) is 0 Å². The van der Waals surface area contributed by atoms with E-state index >= 15 is 0 Å². The molecule has 1 aromatic rings. The van der Waals surface area contributed by atoms with Gasteiger partial charge in [0.05, 0.1) is 0 Å². The molecule has 1 aliphatic rings. The number of carbonyl (C=O) groups is 1. The molecular formula is C18H29IN4OS. The van der Waals surface area contributed by atoms with Gasteiger partial charge >= 0.3 is 0 Å². The minimum absolute atomic E-state index is 0. The molecule has 140 valence electrons. The smallest absolute Gasteiger partial charge is 0.243 e.